The third kappa shape index (κ3) is 3.67. The quantitative estimate of drug-likeness (QED) is 0.671. The Morgan fingerprint density at radius 1 is 1.41 bits per heavy atom. The second kappa shape index (κ2) is 7.81. The molecule has 0 saturated carbocycles. The van der Waals surface area contributed by atoms with Gasteiger partial charge in [-0.25, -0.2) is 9.78 Å². The normalized spacial score (nSPS) is 11.2. The van der Waals surface area contributed by atoms with E-state index in [0.717, 1.165) is 21.3 Å². The summed E-state index contributed by atoms with van der Waals surface area (Å²) in [4.78, 5) is 28.1. The minimum Gasteiger partial charge on any atom is -0.493 e. The Bertz CT molecular complexity index is 1100. The summed E-state index contributed by atoms with van der Waals surface area (Å²) >= 11 is 7.04. The number of thiazole rings is 1. The summed E-state index contributed by atoms with van der Waals surface area (Å²) in [5.74, 6) is 0.0192. The van der Waals surface area contributed by atoms with Gasteiger partial charge in [-0.2, -0.15) is 0 Å². The van der Waals surface area contributed by atoms with Gasteiger partial charge in [0.05, 0.1) is 19.4 Å². The van der Waals surface area contributed by atoms with Gasteiger partial charge in [0.2, 0.25) is 0 Å². The van der Waals surface area contributed by atoms with E-state index in [1.165, 1.54) is 6.20 Å². The number of para-hydroxylation sites is 1. The molecular weight excluding hydrogens is 392 g/mol. The van der Waals surface area contributed by atoms with Crippen LogP contribution in [0.3, 0.4) is 0 Å². The van der Waals surface area contributed by atoms with Crippen molar-refractivity contribution in [2.75, 3.05) is 13.7 Å². The first kappa shape index (κ1) is 18.9. The second-order valence-electron chi connectivity index (χ2n) is 5.31. The van der Waals surface area contributed by atoms with E-state index in [1.807, 2.05) is 19.1 Å². The fraction of sp³-hybridized carbons (Fsp3) is 0.167. The highest BCUT2D eigenvalue weighted by Gasteiger charge is 2.15. The molecule has 0 bridgehead atoms. The summed E-state index contributed by atoms with van der Waals surface area (Å²) < 4.78 is 12.1. The molecule has 0 aliphatic rings. The molecule has 3 rings (SSSR count). The van der Waals surface area contributed by atoms with E-state index in [9.17, 15) is 9.59 Å². The Kier molecular flexibility index (Phi) is 5.48. The van der Waals surface area contributed by atoms with Crippen LogP contribution in [0.2, 0.25) is 5.02 Å². The number of aromatic nitrogens is 2. The minimum atomic E-state index is -1.13. The first-order valence-corrected chi connectivity index (χ1v) is 9.08. The lowest BCUT2D eigenvalue weighted by molar-refractivity contribution is 0.0701. The van der Waals surface area contributed by atoms with Gasteiger partial charge in [0, 0.05) is 11.8 Å². The van der Waals surface area contributed by atoms with Crippen molar-refractivity contribution in [2.45, 2.75) is 6.92 Å². The van der Waals surface area contributed by atoms with Gasteiger partial charge in [0.1, 0.15) is 9.90 Å². The molecule has 140 valence electrons. The average molecular weight is 407 g/mol. The van der Waals surface area contributed by atoms with E-state index < -0.39 is 11.5 Å². The standard InChI is InChI=1S/C18H15ClN2O5S/c1-3-26-15-10(5-4-6-12(15)25-2)7-8-11-14(19)16(22)21-9-13(17(23)24)27-18(21)20-11/h4-9H,3H2,1-2H3,(H,23,24)/b8-7+. The molecule has 0 atom stereocenters. The van der Waals surface area contributed by atoms with E-state index in [0.29, 0.717) is 18.1 Å². The van der Waals surface area contributed by atoms with Crippen LogP contribution in [-0.4, -0.2) is 34.2 Å². The molecule has 0 spiro atoms. The average Bonchev–Trinajstić information content (AvgIpc) is 3.09. The number of hydrogen-bond acceptors (Lipinski definition) is 6. The SMILES string of the molecule is CCOc1c(/C=C/c2nc3sc(C(=O)O)cn3c(=O)c2Cl)cccc1OC. The second-order valence-corrected chi connectivity index (χ2v) is 6.70. The lowest BCUT2D eigenvalue weighted by Crippen LogP contribution is -2.14. The summed E-state index contributed by atoms with van der Waals surface area (Å²) in [5, 5.41) is 8.99. The van der Waals surface area contributed by atoms with E-state index in [2.05, 4.69) is 4.98 Å². The smallest absolute Gasteiger partial charge is 0.347 e. The lowest BCUT2D eigenvalue weighted by Gasteiger charge is -2.11. The molecule has 27 heavy (non-hydrogen) atoms. The molecule has 1 aromatic carbocycles. The zero-order chi connectivity index (χ0) is 19.6. The third-order valence-corrected chi connectivity index (χ3v) is 4.98. The summed E-state index contributed by atoms with van der Waals surface area (Å²) in [5.41, 5.74) is 0.443. The zero-order valence-corrected chi connectivity index (χ0v) is 16.0. The van der Waals surface area contributed by atoms with Gasteiger partial charge < -0.3 is 14.6 Å². The lowest BCUT2D eigenvalue weighted by atomic mass is 10.1. The summed E-state index contributed by atoms with van der Waals surface area (Å²) in [6.45, 7) is 2.32. The van der Waals surface area contributed by atoms with E-state index in [4.69, 9.17) is 26.2 Å². The maximum absolute atomic E-state index is 12.4. The van der Waals surface area contributed by atoms with Crippen LogP contribution in [0.25, 0.3) is 17.1 Å². The predicted molar refractivity (Wildman–Crippen MR) is 104 cm³/mol. The summed E-state index contributed by atoms with van der Waals surface area (Å²) in [6.07, 6.45) is 4.51. The molecule has 0 fully saturated rings. The molecule has 2 heterocycles. The Morgan fingerprint density at radius 2 is 2.19 bits per heavy atom. The number of fused-ring (bicyclic) bond motifs is 1. The van der Waals surface area contributed by atoms with Crippen molar-refractivity contribution in [3.63, 3.8) is 0 Å². The van der Waals surface area contributed by atoms with Gasteiger partial charge in [-0.05, 0) is 25.1 Å². The minimum absolute atomic E-state index is 0.00299. The molecule has 7 nitrogen and oxygen atoms in total. The molecule has 2 aromatic heterocycles. The maximum atomic E-state index is 12.4. The molecule has 0 unspecified atom stereocenters. The fourth-order valence-corrected chi connectivity index (χ4v) is 3.45. The number of aromatic carboxylic acids is 1. The zero-order valence-electron chi connectivity index (χ0n) is 14.4. The highest BCUT2D eigenvalue weighted by molar-refractivity contribution is 7.18. The summed E-state index contributed by atoms with van der Waals surface area (Å²) in [6, 6.07) is 5.43. The van der Waals surface area contributed by atoms with Crippen molar-refractivity contribution in [1.82, 2.24) is 9.38 Å². The van der Waals surface area contributed by atoms with Crippen LogP contribution in [-0.2, 0) is 0 Å². The van der Waals surface area contributed by atoms with Crippen LogP contribution in [0.5, 0.6) is 11.5 Å². The van der Waals surface area contributed by atoms with Gasteiger partial charge in [0.25, 0.3) is 5.56 Å². The van der Waals surface area contributed by atoms with Crippen molar-refractivity contribution in [3.05, 3.63) is 55.9 Å². The molecule has 9 heteroatoms. The molecular formula is C18H15ClN2O5S. The van der Waals surface area contributed by atoms with Crippen LogP contribution in [0.15, 0.2) is 29.2 Å². The Morgan fingerprint density at radius 3 is 2.85 bits per heavy atom. The Balaban J connectivity index is 2.08. The van der Waals surface area contributed by atoms with Gasteiger partial charge in [-0.3, -0.25) is 9.20 Å². The summed E-state index contributed by atoms with van der Waals surface area (Å²) in [7, 11) is 1.55. The first-order valence-electron chi connectivity index (χ1n) is 7.89. The maximum Gasteiger partial charge on any atom is 0.347 e. The van der Waals surface area contributed by atoms with Gasteiger partial charge in [-0.1, -0.05) is 35.1 Å². The van der Waals surface area contributed by atoms with E-state index in [-0.39, 0.29) is 20.6 Å². The largest absolute Gasteiger partial charge is 0.493 e. The number of carbonyl (C=O) groups is 1. The number of benzene rings is 1. The predicted octanol–water partition coefficient (Wildman–Crippen LogP) is 3.69. The van der Waals surface area contributed by atoms with Crippen molar-refractivity contribution in [2.24, 2.45) is 0 Å². The van der Waals surface area contributed by atoms with Crippen molar-refractivity contribution in [1.29, 1.82) is 0 Å². The van der Waals surface area contributed by atoms with Crippen molar-refractivity contribution >= 4 is 46.0 Å². The van der Waals surface area contributed by atoms with E-state index >= 15 is 0 Å². The van der Waals surface area contributed by atoms with E-state index in [1.54, 1.807) is 25.3 Å². The van der Waals surface area contributed by atoms with Gasteiger partial charge >= 0.3 is 5.97 Å². The number of halogens is 1. The third-order valence-electron chi connectivity index (χ3n) is 3.65. The molecule has 0 aliphatic heterocycles. The van der Waals surface area contributed by atoms with Crippen molar-refractivity contribution < 1.29 is 19.4 Å². The number of rotatable bonds is 6. The van der Waals surface area contributed by atoms with Crippen LogP contribution >= 0.6 is 22.9 Å². The van der Waals surface area contributed by atoms with Gasteiger partial charge in [0.15, 0.2) is 16.5 Å². The van der Waals surface area contributed by atoms with Crippen LogP contribution < -0.4 is 15.0 Å². The van der Waals surface area contributed by atoms with Crippen LogP contribution in [0.1, 0.15) is 27.9 Å². The topological polar surface area (TPSA) is 90.1 Å². The first-order chi connectivity index (χ1) is 13.0. The number of carboxylic acid groups (broad SMARTS) is 1. The van der Waals surface area contributed by atoms with Crippen molar-refractivity contribution in [3.8, 4) is 11.5 Å². The number of methoxy groups -OCH3 is 1. The Hall–Kier alpha value is -2.84. The van der Waals surface area contributed by atoms with Crippen LogP contribution in [0, 0.1) is 0 Å². The highest BCUT2D eigenvalue weighted by Crippen LogP contribution is 2.32. The number of ether oxygens (including phenoxy) is 2. The number of carboxylic acids is 1. The molecule has 0 aliphatic carbocycles. The monoisotopic (exact) mass is 406 g/mol. The molecule has 3 aromatic rings. The highest BCUT2D eigenvalue weighted by atomic mass is 35.5. The van der Waals surface area contributed by atoms with Crippen LogP contribution in [0.4, 0.5) is 0 Å². The molecule has 0 amide bonds. The molecule has 1 N–H and O–H groups in total. The number of hydrogen-bond donors (Lipinski definition) is 1. The fourth-order valence-electron chi connectivity index (χ4n) is 2.44. The Labute approximate surface area is 163 Å². The molecule has 0 radical (unpaired) electrons. The van der Waals surface area contributed by atoms with Gasteiger partial charge in [-0.15, -0.1) is 0 Å². The number of nitrogens with zero attached hydrogens (tertiary/aromatic N) is 2. The molecule has 0 saturated heterocycles.